The smallest absolute Gasteiger partial charge is 0.0266 e. The summed E-state index contributed by atoms with van der Waals surface area (Å²) in [6.07, 6.45) is 6.02. The molecule has 0 rings (SSSR count). The molecule has 126 valence electrons. The fraction of sp³-hybridized carbons (Fsp3) is 1.00. The van der Waals surface area contributed by atoms with Gasteiger partial charge in [0.05, 0.1) is 0 Å². The van der Waals surface area contributed by atoms with Gasteiger partial charge in [0.15, 0.2) is 0 Å². The second-order valence-corrected chi connectivity index (χ2v) is 13.0. The quantitative estimate of drug-likeness (QED) is 0.324. The highest BCUT2D eigenvalue weighted by atomic mass is 79.9. The molecule has 0 heterocycles. The van der Waals surface area contributed by atoms with Crippen LogP contribution in [0.25, 0.3) is 0 Å². The monoisotopic (exact) mass is 450 g/mol. The first-order valence-corrected chi connectivity index (χ1v) is 11.3. The molecule has 0 radical (unpaired) electrons. The van der Waals surface area contributed by atoms with E-state index in [1.165, 1.54) is 24.6 Å². The lowest BCUT2D eigenvalue weighted by Gasteiger charge is -2.29. The van der Waals surface area contributed by atoms with Crippen LogP contribution in [0.15, 0.2) is 0 Å². The molecule has 0 amide bonds. The maximum Gasteiger partial charge on any atom is -0.0266 e. The molecule has 20 heavy (non-hydrogen) atoms. The molecule has 0 aliphatic carbocycles. The Bertz CT molecular complexity index is 185. The van der Waals surface area contributed by atoms with Crippen molar-refractivity contribution in [1.29, 1.82) is 0 Å². The van der Waals surface area contributed by atoms with Gasteiger partial charge in [-0.2, -0.15) is 0 Å². The van der Waals surface area contributed by atoms with Crippen LogP contribution < -0.4 is 0 Å². The maximum atomic E-state index is 2.44. The molecule has 0 aromatic carbocycles. The lowest BCUT2D eigenvalue weighted by Crippen LogP contribution is -2.12. The molecular formula is C16H38Br2P2. The Hall–Kier alpha value is 1.82. The summed E-state index contributed by atoms with van der Waals surface area (Å²) in [6, 6.07) is 0. The lowest BCUT2D eigenvalue weighted by molar-refractivity contribution is 0.737. The number of halogens is 2. The van der Waals surface area contributed by atoms with Crippen LogP contribution in [0.5, 0.6) is 0 Å². The van der Waals surface area contributed by atoms with Crippen LogP contribution in [0, 0.1) is 11.8 Å². The van der Waals surface area contributed by atoms with Gasteiger partial charge in [-0.1, -0.05) is 55.4 Å². The van der Waals surface area contributed by atoms with E-state index >= 15 is 0 Å². The molecule has 0 aromatic heterocycles. The molecule has 0 saturated carbocycles. The first-order chi connectivity index (χ1) is 8.23. The Kier molecular flexibility index (Phi) is 19.2. The van der Waals surface area contributed by atoms with E-state index in [1.54, 1.807) is 0 Å². The van der Waals surface area contributed by atoms with E-state index in [-0.39, 0.29) is 49.8 Å². The van der Waals surface area contributed by atoms with Gasteiger partial charge in [0.1, 0.15) is 0 Å². The molecular weight excluding hydrogens is 414 g/mol. The Balaban J connectivity index is -0.00000144. The first-order valence-electron chi connectivity index (χ1n) is 7.72. The number of hydrogen-bond donors (Lipinski definition) is 0. The molecule has 2 atom stereocenters. The van der Waals surface area contributed by atoms with Crippen LogP contribution in [-0.4, -0.2) is 36.0 Å². The van der Waals surface area contributed by atoms with Crippen molar-refractivity contribution < 1.29 is 0 Å². The summed E-state index contributed by atoms with van der Waals surface area (Å²) in [7, 11) is 0.550. The highest BCUT2D eigenvalue weighted by molar-refractivity contribution is 8.93. The lowest BCUT2D eigenvalue weighted by atomic mass is 10.3. The highest BCUT2D eigenvalue weighted by Gasteiger charge is 2.19. The van der Waals surface area contributed by atoms with Crippen LogP contribution in [0.2, 0.25) is 0 Å². The minimum atomic E-state index is 0. The third kappa shape index (κ3) is 13.5. The molecule has 0 spiro atoms. The summed E-state index contributed by atoms with van der Waals surface area (Å²) in [5.74, 6) is 1.77. The van der Waals surface area contributed by atoms with Gasteiger partial charge in [0, 0.05) is 0 Å². The van der Waals surface area contributed by atoms with Crippen LogP contribution in [0.4, 0.5) is 0 Å². The Labute approximate surface area is 152 Å². The van der Waals surface area contributed by atoms with Crippen LogP contribution in [0.1, 0.15) is 55.4 Å². The van der Waals surface area contributed by atoms with Crippen molar-refractivity contribution in [3.8, 4) is 0 Å². The average Bonchev–Trinajstić information content (AvgIpc) is 2.20. The van der Waals surface area contributed by atoms with Crippen LogP contribution in [0.3, 0.4) is 0 Å². The van der Waals surface area contributed by atoms with Gasteiger partial charge in [0.25, 0.3) is 0 Å². The second kappa shape index (κ2) is 14.4. The fourth-order valence-corrected chi connectivity index (χ4v) is 8.49. The van der Waals surface area contributed by atoms with Crippen molar-refractivity contribution >= 4 is 49.8 Å². The minimum Gasteiger partial charge on any atom is -0.114 e. The molecule has 4 heteroatoms. The fourth-order valence-electron chi connectivity index (χ4n) is 2.32. The second-order valence-electron chi connectivity index (χ2n) is 6.97. The van der Waals surface area contributed by atoms with Gasteiger partial charge < -0.3 is 0 Å². The zero-order valence-corrected chi connectivity index (χ0v) is 20.1. The van der Waals surface area contributed by atoms with E-state index in [9.17, 15) is 0 Å². The predicted molar refractivity (Wildman–Crippen MR) is 114 cm³/mol. The molecule has 0 N–H and O–H groups in total. The van der Waals surface area contributed by atoms with Gasteiger partial charge in [-0.05, 0) is 47.8 Å². The van der Waals surface area contributed by atoms with E-state index in [0.717, 1.165) is 23.2 Å². The zero-order chi connectivity index (χ0) is 14.3. The van der Waals surface area contributed by atoms with Crippen molar-refractivity contribution in [2.75, 3.05) is 24.6 Å². The predicted octanol–water partition coefficient (Wildman–Crippen LogP) is 7.23. The third-order valence-electron chi connectivity index (χ3n) is 3.33. The van der Waals surface area contributed by atoms with Gasteiger partial charge in [-0.3, -0.25) is 0 Å². The summed E-state index contributed by atoms with van der Waals surface area (Å²) in [4.78, 5) is 0. The summed E-state index contributed by atoms with van der Waals surface area (Å²) >= 11 is 0. The average molecular weight is 452 g/mol. The van der Waals surface area contributed by atoms with Crippen LogP contribution >= 0.6 is 49.8 Å². The molecule has 0 fully saturated rings. The number of rotatable bonds is 9. The van der Waals surface area contributed by atoms with E-state index < -0.39 is 0 Å². The summed E-state index contributed by atoms with van der Waals surface area (Å²) in [5.41, 5.74) is 1.84. The minimum absolute atomic E-state index is 0. The van der Waals surface area contributed by atoms with Crippen molar-refractivity contribution in [2.24, 2.45) is 11.8 Å². The first kappa shape index (κ1) is 26.7. The molecule has 0 bridgehead atoms. The van der Waals surface area contributed by atoms with Gasteiger partial charge in [0.2, 0.25) is 0 Å². The van der Waals surface area contributed by atoms with Crippen LogP contribution in [-0.2, 0) is 0 Å². The summed E-state index contributed by atoms with van der Waals surface area (Å²) in [5, 5.41) is 0. The Morgan fingerprint density at radius 3 is 0.950 bits per heavy atom. The van der Waals surface area contributed by atoms with Gasteiger partial charge >= 0.3 is 0 Å². The van der Waals surface area contributed by atoms with E-state index in [2.05, 4.69) is 55.4 Å². The van der Waals surface area contributed by atoms with Crippen molar-refractivity contribution in [3.05, 3.63) is 0 Å². The molecule has 0 aromatic rings. The largest absolute Gasteiger partial charge is 0.114 e. The Morgan fingerprint density at radius 1 is 0.550 bits per heavy atom. The third-order valence-corrected chi connectivity index (χ3v) is 10.6. The highest BCUT2D eigenvalue weighted by Crippen LogP contribution is 2.49. The van der Waals surface area contributed by atoms with Crippen molar-refractivity contribution in [2.45, 2.75) is 66.7 Å². The SMILES string of the molecule is Br.Br.CC(C)CP(CCP(CC(C)C)C(C)C)C(C)C. The van der Waals surface area contributed by atoms with Gasteiger partial charge in [-0.25, -0.2) is 0 Å². The standard InChI is InChI=1S/C16H36P2.2BrH/c1-13(2)11-17(15(5)6)9-10-18(16(7)8)12-14(3)4;;/h13-16H,9-12H2,1-8H3;2*1H. The summed E-state index contributed by atoms with van der Waals surface area (Å²) in [6.45, 7) is 19.3. The van der Waals surface area contributed by atoms with E-state index in [4.69, 9.17) is 0 Å². The molecule has 0 nitrogen and oxygen atoms in total. The topological polar surface area (TPSA) is 0 Å². The van der Waals surface area contributed by atoms with Crippen molar-refractivity contribution in [3.63, 3.8) is 0 Å². The summed E-state index contributed by atoms with van der Waals surface area (Å²) < 4.78 is 0. The van der Waals surface area contributed by atoms with E-state index in [0.29, 0.717) is 0 Å². The van der Waals surface area contributed by atoms with Crippen molar-refractivity contribution in [1.82, 2.24) is 0 Å². The molecule has 0 saturated heterocycles. The van der Waals surface area contributed by atoms with Gasteiger partial charge in [-0.15, -0.1) is 49.8 Å². The number of hydrogen-bond acceptors (Lipinski definition) is 0. The maximum absolute atomic E-state index is 2.44. The molecule has 0 aliphatic heterocycles. The molecule has 0 aliphatic rings. The Morgan fingerprint density at radius 2 is 0.800 bits per heavy atom. The zero-order valence-electron chi connectivity index (χ0n) is 14.8. The molecule has 2 unspecified atom stereocenters. The van der Waals surface area contributed by atoms with E-state index in [1.807, 2.05) is 0 Å². The normalized spacial score (nSPS) is 14.4.